The van der Waals surface area contributed by atoms with Crippen LogP contribution in [-0.2, 0) is 27.2 Å². The van der Waals surface area contributed by atoms with Crippen LogP contribution in [0.3, 0.4) is 0 Å². The average molecular weight is 569 g/mol. The van der Waals surface area contributed by atoms with Crippen LogP contribution >= 0.6 is 0 Å². The number of amides is 1. The Morgan fingerprint density at radius 2 is 1.44 bits per heavy atom. The molecule has 2 heterocycles. The number of carbonyl (C=O) groups excluding carboxylic acids is 1. The molecule has 9 nitrogen and oxygen atoms in total. The number of aliphatic carboxylic acids is 2. The van der Waals surface area contributed by atoms with Crippen molar-refractivity contribution in [3.63, 3.8) is 0 Å². The fourth-order valence-electron chi connectivity index (χ4n) is 3.18. The van der Waals surface area contributed by atoms with Gasteiger partial charge in [-0.25, -0.2) is 9.59 Å². The first-order valence-corrected chi connectivity index (χ1v) is 11.6. The minimum atomic E-state index is -5.08. The number of alkyl halides is 6. The fraction of sp³-hybridized carbons (Fsp3) is 0.500. The van der Waals surface area contributed by atoms with Gasteiger partial charge in [0.15, 0.2) is 0 Å². The van der Waals surface area contributed by atoms with Gasteiger partial charge < -0.3 is 15.1 Å². The lowest BCUT2D eigenvalue weighted by Gasteiger charge is -2.26. The third kappa shape index (κ3) is 10.9. The standard InChI is InChI=1S/C20H28N4O.2C2HF3O2/c1-14(2)23(4)13-19(25)24-11-9-17-18(10-12-24)21-22-20(17)16-7-5-15(3)6-8-16;2*3-2(4,5)1(6)7/h5-8,14H,9-13H2,1-4H3,(H,21,22);2*(H,6,7). The number of carbonyl (C=O) groups is 3. The van der Waals surface area contributed by atoms with Crippen LogP contribution in [0, 0.1) is 6.92 Å². The number of nitrogens with one attached hydrogen (secondary N) is 1. The Morgan fingerprint density at radius 1 is 0.974 bits per heavy atom. The lowest BCUT2D eigenvalue weighted by molar-refractivity contribution is -0.193. The van der Waals surface area contributed by atoms with E-state index in [1.165, 1.54) is 16.8 Å². The average Bonchev–Trinajstić information content (AvgIpc) is 3.09. The van der Waals surface area contributed by atoms with Gasteiger partial charge in [0.2, 0.25) is 5.91 Å². The molecule has 1 aliphatic rings. The van der Waals surface area contributed by atoms with E-state index in [1.54, 1.807) is 0 Å². The number of hydrogen-bond acceptors (Lipinski definition) is 5. The molecule has 3 N–H and O–H groups in total. The Bertz CT molecular complexity index is 1090. The zero-order chi connectivity index (χ0) is 30.1. The van der Waals surface area contributed by atoms with E-state index in [4.69, 9.17) is 19.8 Å². The van der Waals surface area contributed by atoms with Crippen LogP contribution in [0.2, 0.25) is 0 Å². The molecule has 1 aliphatic heterocycles. The maximum atomic E-state index is 12.6. The Balaban J connectivity index is 0.000000449. The van der Waals surface area contributed by atoms with Gasteiger partial charge >= 0.3 is 24.3 Å². The summed E-state index contributed by atoms with van der Waals surface area (Å²) in [4.78, 5) is 34.5. The number of hydrogen-bond donors (Lipinski definition) is 3. The third-order valence-electron chi connectivity index (χ3n) is 5.65. The predicted molar refractivity (Wildman–Crippen MR) is 128 cm³/mol. The summed E-state index contributed by atoms with van der Waals surface area (Å²) in [6.07, 6.45) is -8.47. The van der Waals surface area contributed by atoms with Gasteiger partial charge in [-0.15, -0.1) is 0 Å². The van der Waals surface area contributed by atoms with Crippen molar-refractivity contribution in [2.24, 2.45) is 0 Å². The quantitative estimate of drug-likeness (QED) is 0.478. The van der Waals surface area contributed by atoms with Crippen molar-refractivity contribution in [3.05, 3.63) is 41.1 Å². The van der Waals surface area contributed by atoms with Gasteiger partial charge in [-0.05, 0) is 34.2 Å². The molecule has 2 aromatic rings. The molecule has 0 saturated carbocycles. The Labute approximate surface area is 220 Å². The Hall–Kier alpha value is -3.62. The monoisotopic (exact) mass is 568 g/mol. The van der Waals surface area contributed by atoms with Crippen LogP contribution in [-0.4, -0.2) is 93.1 Å². The summed E-state index contributed by atoms with van der Waals surface area (Å²) in [7, 11) is 2.00. The normalized spacial score (nSPS) is 13.5. The summed E-state index contributed by atoms with van der Waals surface area (Å²) in [5.41, 5.74) is 5.85. The van der Waals surface area contributed by atoms with Crippen molar-refractivity contribution in [2.45, 2.75) is 52.0 Å². The van der Waals surface area contributed by atoms with Crippen LogP contribution in [0.15, 0.2) is 24.3 Å². The van der Waals surface area contributed by atoms with Gasteiger partial charge in [0.1, 0.15) is 0 Å². The molecule has 1 aromatic carbocycles. The highest BCUT2D eigenvalue weighted by Gasteiger charge is 2.38. The highest BCUT2D eigenvalue weighted by molar-refractivity contribution is 5.78. The minimum absolute atomic E-state index is 0.214. The molecule has 0 fully saturated rings. The molecule has 0 atom stereocenters. The summed E-state index contributed by atoms with van der Waals surface area (Å²) < 4.78 is 63.5. The second-order valence-electron chi connectivity index (χ2n) is 8.89. The Morgan fingerprint density at radius 3 is 1.87 bits per heavy atom. The zero-order valence-electron chi connectivity index (χ0n) is 21.7. The number of H-pyrrole nitrogens is 1. The summed E-state index contributed by atoms with van der Waals surface area (Å²) in [6.45, 7) is 8.31. The number of carboxylic acid groups (broad SMARTS) is 2. The molecule has 0 saturated heterocycles. The molecule has 3 rings (SSSR count). The van der Waals surface area contributed by atoms with E-state index in [0.717, 1.165) is 37.2 Å². The summed E-state index contributed by atoms with van der Waals surface area (Å²) >= 11 is 0. The zero-order valence-corrected chi connectivity index (χ0v) is 21.7. The molecule has 0 aliphatic carbocycles. The van der Waals surface area contributed by atoms with Crippen molar-refractivity contribution in [3.8, 4) is 11.3 Å². The summed E-state index contributed by atoms with van der Waals surface area (Å²) in [6, 6.07) is 8.85. The van der Waals surface area contributed by atoms with Gasteiger partial charge in [-0.3, -0.25) is 14.8 Å². The predicted octanol–water partition coefficient (Wildman–Crippen LogP) is 3.92. The van der Waals surface area contributed by atoms with E-state index in [0.29, 0.717) is 12.6 Å². The number of carboxylic acids is 2. The molecule has 0 spiro atoms. The molecule has 1 amide bonds. The summed E-state index contributed by atoms with van der Waals surface area (Å²) in [5, 5.41) is 22.0. The van der Waals surface area contributed by atoms with Gasteiger partial charge in [0, 0.05) is 42.4 Å². The van der Waals surface area contributed by atoms with Crippen LogP contribution in [0.4, 0.5) is 26.3 Å². The first kappa shape index (κ1) is 33.4. The first-order chi connectivity index (χ1) is 17.8. The molecular weight excluding hydrogens is 538 g/mol. The van der Waals surface area contributed by atoms with E-state index in [1.807, 2.05) is 11.9 Å². The second kappa shape index (κ2) is 14.0. The third-order valence-corrected chi connectivity index (χ3v) is 5.65. The van der Waals surface area contributed by atoms with Crippen molar-refractivity contribution in [2.75, 3.05) is 26.7 Å². The van der Waals surface area contributed by atoms with Crippen molar-refractivity contribution in [1.82, 2.24) is 20.0 Å². The molecular formula is C24H30F6N4O5. The largest absolute Gasteiger partial charge is 0.490 e. The van der Waals surface area contributed by atoms with E-state index in [9.17, 15) is 31.1 Å². The van der Waals surface area contributed by atoms with Crippen molar-refractivity contribution in [1.29, 1.82) is 0 Å². The maximum absolute atomic E-state index is 12.6. The number of likely N-dealkylation sites (N-methyl/N-ethyl adjacent to an activating group) is 1. The molecule has 0 radical (unpaired) electrons. The van der Waals surface area contributed by atoms with Crippen LogP contribution < -0.4 is 0 Å². The van der Waals surface area contributed by atoms with E-state index in [2.05, 4.69) is 60.1 Å². The van der Waals surface area contributed by atoms with Crippen molar-refractivity contribution < 1.29 is 50.9 Å². The first-order valence-electron chi connectivity index (χ1n) is 11.6. The van der Waals surface area contributed by atoms with Crippen molar-refractivity contribution >= 4 is 17.8 Å². The van der Waals surface area contributed by atoms with Crippen LogP contribution in [0.5, 0.6) is 0 Å². The van der Waals surface area contributed by atoms with Gasteiger partial charge in [0.25, 0.3) is 0 Å². The van der Waals surface area contributed by atoms with E-state index >= 15 is 0 Å². The molecule has 1 aromatic heterocycles. The van der Waals surface area contributed by atoms with Gasteiger partial charge in [-0.1, -0.05) is 29.8 Å². The minimum Gasteiger partial charge on any atom is -0.475 e. The fourth-order valence-corrected chi connectivity index (χ4v) is 3.18. The number of aromatic amines is 1. The number of nitrogens with zero attached hydrogens (tertiary/aromatic N) is 3. The number of rotatable bonds is 4. The van der Waals surface area contributed by atoms with E-state index in [-0.39, 0.29) is 5.91 Å². The smallest absolute Gasteiger partial charge is 0.475 e. The molecule has 0 bridgehead atoms. The second-order valence-corrected chi connectivity index (χ2v) is 8.89. The Kier molecular flexibility index (Phi) is 12.0. The number of aryl methyl sites for hydroxylation is 1. The number of halogens is 6. The summed E-state index contributed by atoms with van der Waals surface area (Å²) in [5.74, 6) is -5.30. The number of benzene rings is 1. The molecule has 0 unspecified atom stereocenters. The van der Waals surface area contributed by atoms with E-state index < -0.39 is 24.3 Å². The van der Waals surface area contributed by atoms with Crippen LogP contribution in [0.25, 0.3) is 11.3 Å². The highest BCUT2D eigenvalue weighted by Crippen LogP contribution is 2.27. The molecule has 15 heteroatoms. The molecule has 39 heavy (non-hydrogen) atoms. The number of aromatic nitrogens is 2. The SMILES string of the molecule is Cc1ccc(-c2n[nH]c3c2CCN(C(=O)CN(C)C(C)C)CC3)cc1.O=C(O)C(F)(F)F.O=C(O)C(F)(F)F. The highest BCUT2D eigenvalue weighted by atomic mass is 19.4. The number of fused-ring (bicyclic) bond motifs is 1. The molecule has 218 valence electrons. The maximum Gasteiger partial charge on any atom is 0.490 e. The lowest BCUT2D eigenvalue weighted by Crippen LogP contribution is -2.42. The van der Waals surface area contributed by atoms with Crippen LogP contribution in [0.1, 0.15) is 30.7 Å². The van der Waals surface area contributed by atoms with Gasteiger partial charge in [0.05, 0.1) is 12.2 Å². The topological polar surface area (TPSA) is 127 Å². The lowest BCUT2D eigenvalue weighted by atomic mass is 10.0. The van der Waals surface area contributed by atoms with Gasteiger partial charge in [-0.2, -0.15) is 31.4 Å².